The molecule has 0 fully saturated rings. The Balaban J connectivity index is 2.61. The summed E-state index contributed by atoms with van der Waals surface area (Å²) in [7, 11) is 1.68. The normalized spacial score (nSPS) is 18.2. The highest BCUT2D eigenvalue weighted by molar-refractivity contribution is 5.99. The van der Waals surface area contributed by atoms with Gasteiger partial charge in [0.2, 0.25) is 0 Å². The van der Waals surface area contributed by atoms with E-state index in [0.717, 1.165) is 34.4 Å². The third-order valence-corrected chi connectivity index (χ3v) is 3.97. The standard InChI is InChI=1S/C16H23NO2/c1-9(2)6-12-8-17-16(18)14-11(4)10(3)7-13(19-5)15(12)14/h7,9,12H,6,8H2,1-5H3,(H,17,18). The molecule has 1 N–H and O–H groups in total. The van der Waals surface area contributed by atoms with Crippen molar-refractivity contribution >= 4 is 5.91 Å². The number of hydrogen-bond donors (Lipinski definition) is 1. The first-order valence-corrected chi connectivity index (χ1v) is 6.92. The van der Waals surface area contributed by atoms with Gasteiger partial charge in [-0.3, -0.25) is 4.79 Å². The number of ether oxygens (including phenoxy) is 1. The number of benzene rings is 1. The number of amides is 1. The van der Waals surface area contributed by atoms with Crippen molar-refractivity contribution in [1.29, 1.82) is 0 Å². The Hall–Kier alpha value is -1.51. The van der Waals surface area contributed by atoms with Crippen LogP contribution in [0.25, 0.3) is 0 Å². The molecule has 104 valence electrons. The number of nitrogens with one attached hydrogen (secondary N) is 1. The highest BCUT2D eigenvalue weighted by Gasteiger charge is 2.31. The predicted octanol–water partition coefficient (Wildman–Crippen LogP) is 3.19. The molecule has 0 saturated heterocycles. The van der Waals surface area contributed by atoms with Crippen LogP contribution in [0.4, 0.5) is 0 Å². The van der Waals surface area contributed by atoms with Gasteiger partial charge in [-0.1, -0.05) is 13.8 Å². The monoisotopic (exact) mass is 261 g/mol. The van der Waals surface area contributed by atoms with Gasteiger partial charge in [-0.05, 0) is 43.4 Å². The van der Waals surface area contributed by atoms with E-state index in [2.05, 4.69) is 25.2 Å². The van der Waals surface area contributed by atoms with E-state index < -0.39 is 0 Å². The molecule has 3 nitrogen and oxygen atoms in total. The van der Waals surface area contributed by atoms with Crippen LogP contribution < -0.4 is 10.1 Å². The molecule has 0 radical (unpaired) electrons. The van der Waals surface area contributed by atoms with Gasteiger partial charge in [0, 0.05) is 23.6 Å². The highest BCUT2D eigenvalue weighted by Crippen LogP contribution is 2.39. The van der Waals surface area contributed by atoms with E-state index in [9.17, 15) is 4.79 Å². The number of hydrogen-bond acceptors (Lipinski definition) is 2. The first-order valence-electron chi connectivity index (χ1n) is 6.92. The lowest BCUT2D eigenvalue weighted by molar-refractivity contribution is 0.0936. The van der Waals surface area contributed by atoms with Crippen LogP contribution in [0.2, 0.25) is 0 Å². The zero-order chi connectivity index (χ0) is 14.2. The van der Waals surface area contributed by atoms with Crippen LogP contribution in [-0.4, -0.2) is 19.6 Å². The van der Waals surface area contributed by atoms with Crippen LogP contribution in [0.1, 0.15) is 53.2 Å². The minimum absolute atomic E-state index is 0.0366. The topological polar surface area (TPSA) is 38.3 Å². The minimum atomic E-state index is 0.0366. The summed E-state index contributed by atoms with van der Waals surface area (Å²) in [5.74, 6) is 1.84. The number of fused-ring (bicyclic) bond motifs is 1. The summed E-state index contributed by atoms with van der Waals surface area (Å²) in [5, 5.41) is 3.02. The second kappa shape index (κ2) is 5.24. The van der Waals surface area contributed by atoms with Gasteiger partial charge in [-0.25, -0.2) is 0 Å². The summed E-state index contributed by atoms with van der Waals surface area (Å²) in [6.45, 7) is 9.18. The van der Waals surface area contributed by atoms with Gasteiger partial charge < -0.3 is 10.1 Å². The largest absolute Gasteiger partial charge is 0.496 e. The molecule has 19 heavy (non-hydrogen) atoms. The van der Waals surface area contributed by atoms with Gasteiger partial charge in [0.25, 0.3) is 5.91 Å². The van der Waals surface area contributed by atoms with E-state index in [1.165, 1.54) is 0 Å². The molecular weight excluding hydrogens is 238 g/mol. The first kappa shape index (κ1) is 13.9. The Labute approximate surface area is 115 Å². The molecule has 1 aromatic carbocycles. The van der Waals surface area contributed by atoms with Crippen molar-refractivity contribution in [3.63, 3.8) is 0 Å². The molecule has 1 heterocycles. The van der Waals surface area contributed by atoms with Gasteiger partial charge in [0.1, 0.15) is 5.75 Å². The van der Waals surface area contributed by atoms with Crippen molar-refractivity contribution < 1.29 is 9.53 Å². The van der Waals surface area contributed by atoms with Crippen molar-refractivity contribution in [2.24, 2.45) is 5.92 Å². The van der Waals surface area contributed by atoms with E-state index >= 15 is 0 Å². The minimum Gasteiger partial charge on any atom is -0.496 e. The maximum atomic E-state index is 12.2. The van der Waals surface area contributed by atoms with Crippen molar-refractivity contribution in [2.45, 2.75) is 40.0 Å². The summed E-state index contributed by atoms with van der Waals surface area (Å²) in [5.41, 5.74) is 4.11. The van der Waals surface area contributed by atoms with Crippen LogP contribution in [0, 0.1) is 19.8 Å². The molecule has 1 aliphatic heterocycles. The van der Waals surface area contributed by atoms with Gasteiger partial charge in [-0.15, -0.1) is 0 Å². The Morgan fingerprint density at radius 1 is 1.42 bits per heavy atom. The predicted molar refractivity (Wildman–Crippen MR) is 77.0 cm³/mol. The average molecular weight is 261 g/mol. The zero-order valence-corrected chi connectivity index (χ0v) is 12.5. The van der Waals surface area contributed by atoms with Gasteiger partial charge in [-0.2, -0.15) is 0 Å². The summed E-state index contributed by atoms with van der Waals surface area (Å²) >= 11 is 0. The van der Waals surface area contributed by atoms with Crippen LogP contribution >= 0.6 is 0 Å². The average Bonchev–Trinajstić information content (AvgIpc) is 2.35. The van der Waals surface area contributed by atoms with Gasteiger partial charge in [0.05, 0.1) is 7.11 Å². The second-order valence-electron chi connectivity index (χ2n) is 5.85. The molecule has 2 rings (SSSR count). The molecule has 0 spiro atoms. The maximum absolute atomic E-state index is 12.2. The number of methoxy groups -OCH3 is 1. The van der Waals surface area contributed by atoms with Crippen LogP contribution in [0.3, 0.4) is 0 Å². The molecular formula is C16H23NO2. The van der Waals surface area contributed by atoms with Crippen LogP contribution in [0.15, 0.2) is 6.07 Å². The van der Waals surface area contributed by atoms with E-state index in [1.807, 2.05) is 13.8 Å². The molecule has 1 amide bonds. The summed E-state index contributed by atoms with van der Waals surface area (Å²) in [6.07, 6.45) is 1.06. The second-order valence-corrected chi connectivity index (χ2v) is 5.85. The number of aryl methyl sites for hydroxylation is 1. The molecule has 3 heteroatoms. The molecule has 0 aromatic heterocycles. The molecule has 1 aliphatic rings. The fraction of sp³-hybridized carbons (Fsp3) is 0.562. The summed E-state index contributed by atoms with van der Waals surface area (Å²) in [6, 6.07) is 2.06. The van der Waals surface area contributed by atoms with Gasteiger partial charge >= 0.3 is 0 Å². The summed E-state index contributed by atoms with van der Waals surface area (Å²) in [4.78, 5) is 12.2. The molecule has 1 atom stereocenters. The zero-order valence-electron chi connectivity index (χ0n) is 12.5. The van der Waals surface area contributed by atoms with Gasteiger partial charge in [0.15, 0.2) is 0 Å². The SMILES string of the molecule is COc1cc(C)c(C)c2c1C(CC(C)C)CNC2=O. The first-order chi connectivity index (χ1) is 8.95. The smallest absolute Gasteiger partial charge is 0.252 e. The molecule has 1 unspecified atom stereocenters. The lowest BCUT2D eigenvalue weighted by Gasteiger charge is -2.30. The Morgan fingerprint density at radius 2 is 2.11 bits per heavy atom. The van der Waals surface area contributed by atoms with Crippen LogP contribution in [0.5, 0.6) is 5.75 Å². The van der Waals surface area contributed by atoms with E-state index in [-0.39, 0.29) is 5.91 Å². The third kappa shape index (κ3) is 2.46. The Morgan fingerprint density at radius 3 is 2.68 bits per heavy atom. The number of rotatable bonds is 3. The number of carbonyl (C=O) groups is 1. The fourth-order valence-corrected chi connectivity index (χ4v) is 2.95. The fourth-order valence-electron chi connectivity index (χ4n) is 2.95. The van der Waals surface area contributed by atoms with Crippen molar-refractivity contribution in [3.8, 4) is 5.75 Å². The molecule has 0 aliphatic carbocycles. The summed E-state index contributed by atoms with van der Waals surface area (Å²) < 4.78 is 5.53. The lowest BCUT2D eigenvalue weighted by atomic mass is 9.81. The molecule has 0 saturated carbocycles. The third-order valence-electron chi connectivity index (χ3n) is 3.97. The molecule has 1 aromatic rings. The quantitative estimate of drug-likeness (QED) is 0.907. The highest BCUT2D eigenvalue weighted by atomic mass is 16.5. The van der Waals surface area contributed by atoms with E-state index in [4.69, 9.17) is 4.74 Å². The van der Waals surface area contributed by atoms with Crippen molar-refractivity contribution in [3.05, 3.63) is 28.3 Å². The van der Waals surface area contributed by atoms with E-state index in [1.54, 1.807) is 7.11 Å². The number of carbonyl (C=O) groups excluding carboxylic acids is 1. The van der Waals surface area contributed by atoms with Crippen molar-refractivity contribution in [1.82, 2.24) is 5.32 Å². The van der Waals surface area contributed by atoms with Crippen LogP contribution in [-0.2, 0) is 0 Å². The maximum Gasteiger partial charge on any atom is 0.252 e. The van der Waals surface area contributed by atoms with Crippen molar-refractivity contribution in [2.75, 3.05) is 13.7 Å². The van der Waals surface area contributed by atoms with E-state index in [0.29, 0.717) is 18.4 Å². The Bertz CT molecular complexity index is 506. The Kier molecular flexibility index (Phi) is 3.83. The molecule has 0 bridgehead atoms. The lowest BCUT2D eigenvalue weighted by Crippen LogP contribution is -2.36.